The fourth-order valence-corrected chi connectivity index (χ4v) is 1.62. The normalized spacial score (nSPS) is 24.7. The van der Waals surface area contributed by atoms with Crippen LogP contribution in [0.2, 0.25) is 0 Å². The summed E-state index contributed by atoms with van der Waals surface area (Å²) < 4.78 is 30.8. The molecule has 0 saturated heterocycles. The van der Waals surface area contributed by atoms with Gasteiger partial charge in [0.15, 0.2) is 0 Å². The van der Waals surface area contributed by atoms with Gasteiger partial charge in [-0.3, -0.25) is 0 Å². The molecule has 0 heterocycles. The summed E-state index contributed by atoms with van der Waals surface area (Å²) in [5.41, 5.74) is 5.64. The summed E-state index contributed by atoms with van der Waals surface area (Å²) >= 11 is 0. The van der Waals surface area contributed by atoms with E-state index in [0.717, 1.165) is 12.8 Å². The van der Waals surface area contributed by atoms with E-state index < -0.39 is 12.5 Å². The first-order valence-electron chi connectivity index (χ1n) is 4.95. The largest absolute Gasteiger partial charge is 0.490 e. The molecule has 1 saturated carbocycles. The van der Waals surface area contributed by atoms with E-state index >= 15 is 0 Å². The molecule has 0 bridgehead atoms. The average Bonchev–Trinajstić information content (AvgIpc) is 2.18. The summed E-state index contributed by atoms with van der Waals surface area (Å²) in [7, 11) is 0. The van der Waals surface area contributed by atoms with Gasteiger partial charge < -0.3 is 10.5 Å². The standard InChI is InChI=1S/C11H13F2NO/c12-6-7-3-9(1-2-11(7)13)15-10-4-8(14)5-10/h1-3,8,10H,4-6,14H2. The first kappa shape index (κ1) is 10.4. The van der Waals surface area contributed by atoms with Gasteiger partial charge in [0.05, 0.1) is 0 Å². The van der Waals surface area contributed by atoms with E-state index in [2.05, 4.69) is 0 Å². The number of hydrogen-bond acceptors (Lipinski definition) is 2. The monoisotopic (exact) mass is 213 g/mol. The van der Waals surface area contributed by atoms with E-state index in [4.69, 9.17) is 10.5 Å². The molecule has 1 aromatic carbocycles. The molecule has 0 radical (unpaired) electrons. The van der Waals surface area contributed by atoms with Crippen LogP contribution in [0.1, 0.15) is 18.4 Å². The number of nitrogens with two attached hydrogens (primary N) is 1. The topological polar surface area (TPSA) is 35.2 Å². The van der Waals surface area contributed by atoms with Gasteiger partial charge in [-0.05, 0) is 31.0 Å². The van der Waals surface area contributed by atoms with Crippen molar-refractivity contribution in [1.82, 2.24) is 0 Å². The number of alkyl halides is 1. The lowest BCUT2D eigenvalue weighted by atomic mass is 9.90. The number of benzene rings is 1. The van der Waals surface area contributed by atoms with Gasteiger partial charge in [-0.15, -0.1) is 0 Å². The minimum Gasteiger partial charge on any atom is -0.490 e. The van der Waals surface area contributed by atoms with Crippen molar-refractivity contribution < 1.29 is 13.5 Å². The van der Waals surface area contributed by atoms with Gasteiger partial charge in [-0.25, -0.2) is 8.78 Å². The van der Waals surface area contributed by atoms with Crippen molar-refractivity contribution in [2.45, 2.75) is 31.7 Å². The Morgan fingerprint density at radius 1 is 1.40 bits per heavy atom. The quantitative estimate of drug-likeness (QED) is 0.835. The molecule has 0 spiro atoms. The molecule has 2 rings (SSSR count). The third-order valence-electron chi connectivity index (χ3n) is 2.60. The van der Waals surface area contributed by atoms with Gasteiger partial charge >= 0.3 is 0 Å². The maximum Gasteiger partial charge on any atom is 0.129 e. The second-order valence-electron chi connectivity index (χ2n) is 3.86. The molecule has 1 aliphatic carbocycles. The van der Waals surface area contributed by atoms with Crippen LogP contribution in [0.5, 0.6) is 5.75 Å². The Morgan fingerprint density at radius 3 is 2.73 bits per heavy atom. The third-order valence-corrected chi connectivity index (χ3v) is 2.60. The van der Waals surface area contributed by atoms with Crippen molar-refractivity contribution in [1.29, 1.82) is 0 Å². The van der Waals surface area contributed by atoms with Crippen molar-refractivity contribution in [3.8, 4) is 5.75 Å². The van der Waals surface area contributed by atoms with Crippen molar-refractivity contribution >= 4 is 0 Å². The Balaban J connectivity index is 2.02. The lowest BCUT2D eigenvalue weighted by molar-refractivity contribution is 0.101. The second kappa shape index (κ2) is 4.14. The molecule has 2 nitrogen and oxygen atoms in total. The second-order valence-corrected chi connectivity index (χ2v) is 3.86. The summed E-state index contributed by atoms with van der Waals surface area (Å²) in [6.07, 6.45) is 1.71. The van der Waals surface area contributed by atoms with Crippen molar-refractivity contribution in [2.75, 3.05) is 0 Å². The molecule has 0 unspecified atom stereocenters. The molecule has 0 aliphatic heterocycles. The van der Waals surface area contributed by atoms with E-state index in [0.29, 0.717) is 5.75 Å². The maximum absolute atomic E-state index is 12.9. The number of rotatable bonds is 3. The molecule has 0 aromatic heterocycles. The number of halogens is 2. The van der Waals surface area contributed by atoms with Crippen molar-refractivity contribution in [3.63, 3.8) is 0 Å². The van der Waals surface area contributed by atoms with Crippen LogP contribution in [0.3, 0.4) is 0 Å². The fraction of sp³-hybridized carbons (Fsp3) is 0.455. The predicted molar refractivity (Wildman–Crippen MR) is 52.8 cm³/mol. The minimum absolute atomic E-state index is 0.0381. The van der Waals surface area contributed by atoms with Crippen LogP contribution in [0.15, 0.2) is 18.2 Å². The zero-order chi connectivity index (χ0) is 10.8. The molecule has 82 valence electrons. The highest BCUT2D eigenvalue weighted by molar-refractivity contribution is 5.29. The zero-order valence-electron chi connectivity index (χ0n) is 8.25. The summed E-state index contributed by atoms with van der Waals surface area (Å²) in [6.45, 7) is -0.812. The van der Waals surface area contributed by atoms with Crippen molar-refractivity contribution in [3.05, 3.63) is 29.6 Å². The molecule has 4 heteroatoms. The molecule has 2 N–H and O–H groups in total. The average molecular weight is 213 g/mol. The predicted octanol–water partition coefficient (Wildman–Crippen LogP) is 2.16. The first-order valence-corrected chi connectivity index (χ1v) is 4.95. The maximum atomic E-state index is 12.9. The van der Waals surface area contributed by atoms with E-state index in [9.17, 15) is 8.78 Å². The van der Waals surface area contributed by atoms with Crippen LogP contribution >= 0.6 is 0 Å². The van der Waals surface area contributed by atoms with Crippen LogP contribution in [0.4, 0.5) is 8.78 Å². The molecule has 1 aromatic rings. The summed E-state index contributed by atoms with van der Waals surface area (Å²) in [5.74, 6) is -0.0175. The van der Waals surface area contributed by atoms with Crippen LogP contribution in [0.25, 0.3) is 0 Å². The summed E-state index contributed by atoms with van der Waals surface area (Å²) in [4.78, 5) is 0. The van der Waals surface area contributed by atoms with Gasteiger partial charge in [0.2, 0.25) is 0 Å². The Bertz CT molecular complexity index is 350. The van der Waals surface area contributed by atoms with E-state index in [1.165, 1.54) is 18.2 Å². The third kappa shape index (κ3) is 2.26. The Labute approximate surface area is 87.0 Å². The molecule has 0 amide bonds. The van der Waals surface area contributed by atoms with E-state index in [1.54, 1.807) is 0 Å². The summed E-state index contributed by atoms with van der Waals surface area (Å²) in [6, 6.07) is 4.34. The van der Waals surface area contributed by atoms with Crippen LogP contribution in [0, 0.1) is 5.82 Å². The highest BCUT2D eigenvalue weighted by Crippen LogP contribution is 2.26. The number of ether oxygens (including phenoxy) is 1. The van der Waals surface area contributed by atoms with E-state index in [-0.39, 0.29) is 17.7 Å². The van der Waals surface area contributed by atoms with E-state index in [1.807, 2.05) is 0 Å². The summed E-state index contributed by atoms with van der Waals surface area (Å²) in [5, 5.41) is 0. The number of hydrogen-bond donors (Lipinski definition) is 1. The SMILES string of the molecule is NC1CC(Oc2ccc(F)c(CF)c2)C1. The zero-order valence-corrected chi connectivity index (χ0v) is 8.25. The molecular formula is C11H13F2NO. The molecule has 1 fully saturated rings. The fourth-order valence-electron chi connectivity index (χ4n) is 1.62. The molecular weight excluding hydrogens is 200 g/mol. The highest BCUT2D eigenvalue weighted by atomic mass is 19.1. The van der Waals surface area contributed by atoms with Gasteiger partial charge in [0.1, 0.15) is 24.3 Å². The Kier molecular flexibility index (Phi) is 2.86. The first-order chi connectivity index (χ1) is 7.19. The molecule has 1 aliphatic rings. The van der Waals surface area contributed by atoms with Gasteiger partial charge in [0, 0.05) is 11.6 Å². The van der Waals surface area contributed by atoms with Crippen LogP contribution < -0.4 is 10.5 Å². The van der Waals surface area contributed by atoms with Crippen molar-refractivity contribution in [2.24, 2.45) is 5.73 Å². The molecule has 15 heavy (non-hydrogen) atoms. The highest BCUT2D eigenvalue weighted by Gasteiger charge is 2.27. The Morgan fingerprint density at radius 2 is 2.13 bits per heavy atom. The molecule has 0 atom stereocenters. The van der Waals surface area contributed by atoms with Crippen LogP contribution in [-0.2, 0) is 6.67 Å². The lowest BCUT2D eigenvalue weighted by Crippen LogP contribution is -2.43. The smallest absolute Gasteiger partial charge is 0.129 e. The van der Waals surface area contributed by atoms with Gasteiger partial charge in [-0.2, -0.15) is 0 Å². The van der Waals surface area contributed by atoms with Gasteiger partial charge in [0.25, 0.3) is 0 Å². The minimum atomic E-state index is -0.812. The Hall–Kier alpha value is -1.16. The van der Waals surface area contributed by atoms with Crippen LogP contribution in [-0.4, -0.2) is 12.1 Å². The van der Waals surface area contributed by atoms with Gasteiger partial charge in [-0.1, -0.05) is 0 Å². The lowest BCUT2D eigenvalue weighted by Gasteiger charge is -2.32.